The first-order valence-electron chi connectivity index (χ1n) is 14.3. The van der Waals surface area contributed by atoms with Crippen molar-refractivity contribution in [2.45, 2.75) is 0 Å². The number of phenolic OH excluding ortho intramolecular Hbond substituents is 6. The molecular formula is C32H20N8O8. The predicted molar refractivity (Wildman–Crippen MR) is 168 cm³/mol. The van der Waals surface area contributed by atoms with Gasteiger partial charge in [0.05, 0.1) is 5.92 Å². The Balaban J connectivity index is 1.48. The lowest BCUT2D eigenvalue weighted by Crippen LogP contribution is -2.18. The number of amidine groups is 1. The van der Waals surface area contributed by atoms with Crippen LogP contribution >= 0.6 is 0 Å². The molecule has 0 fully saturated rings. The summed E-state index contributed by atoms with van der Waals surface area (Å²) in [5.41, 5.74) is 1.08. The second-order valence-corrected chi connectivity index (χ2v) is 11.4. The van der Waals surface area contributed by atoms with Crippen LogP contribution in [-0.2, 0) is 0 Å². The van der Waals surface area contributed by atoms with Gasteiger partial charge in [0.15, 0.2) is 51.8 Å². The number of aromatic nitrogens is 3. The maximum absolute atomic E-state index is 10.4. The summed E-state index contributed by atoms with van der Waals surface area (Å²) in [4.78, 5) is 32.8. The molecule has 9 rings (SSSR count). The number of allylic oxidation sites excluding steroid dienone is 1. The number of aromatic amines is 3. The van der Waals surface area contributed by atoms with Crippen molar-refractivity contribution in [1.82, 2.24) is 15.0 Å². The third-order valence-electron chi connectivity index (χ3n) is 8.45. The lowest BCUT2D eigenvalue weighted by molar-refractivity contribution is 0.321. The van der Waals surface area contributed by atoms with Crippen LogP contribution in [0.3, 0.4) is 0 Å². The molecule has 236 valence electrons. The highest BCUT2D eigenvalue weighted by Crippen LogP contribution is 2.41. The van der Waals surface area contributed by atoms with Crippen LogP contribution in [0.15, 0.2) is 96.4 Å². The number of nitrogens with zero attached hydrogens (tertiary/aromatic N) is 5. The number of aromatic hydroxyl groups is 6. The molecule has 48 heavy (non-hydrogen) atoms. The zero-order chi connectivity index (χ0) is 33.2. The number of benzene rings is 3. The first-order valence-corrected chi connectivity index (χ1v) is 14.3. The molecule has 0 saturated heterocycles. The molecule has 11 N–H and O–H groups in total. The van der Waals surface area contributed by atoms with Gasteiger partial charge in [-0.2, -0.15) is 0 Å². The van der Waals surface area contributed by atoms with Crippen LogP contribution in [0.2, 0.25) is 0 Å². The van der Waals surface area contributed by atoms with Crippen molar-refractivity contribution in [3.05, 3.63) is 93.4 Å². The smallest absolute Gasteiger partial charge is 0.160 e. The van der Waals surface area contributed by atoms with Gasteiger partial charge in [0.1, 0.15) is 39.4 Å². The van der Waals surface area contributed by atoms with Crippen LogP contribution in [-0.4, -0.2) is 61.6 Å². The molecule has 6 aromatic rings. The van der Waals surface area contributed by atoms with Crippen molar-refractivity contribution >= 4 is 49.8 Å². The fraction of sp³-hybridized carbons (Fsp3) is 0.0312. The fourth-order valence-corrected chi connectivity index (χ4v) is 6.11. The summed E-state index contributed by atoms with van der Waals surface area (Å²) < 4.78 is 0. The van der Waals surface area contributed by atoms with Crippen LogP contribution in [0.1, 0.15) is 0 Å². The van der Waals surface area contributed by atoms with Gasteiger partial charge < -0.3 is 55.8 Å². The Hall–Kier alpha value is -7.23. The topological polar surface area (TPSA) is 271 Å². The highest BCUT2D eigenvalue weighted by Gasteiger charge is 2.32. The molecule has 16 heteroatoms. The Bertz CT molecular complexity index is 2890. The van der Waals surface area contributed by atoms with Gasteiger partial charge in [-0.25, -0.2) is 25.0 Å². The van der Waals surface area contributed by atoms with Crippen molar-refractivity contribution in [1.29, 1.82) is 0 Å². The molecule has 1 unspecified atom stereocenters. The second kappa shape index (κ2) is 9.16. The summed E-state index contributed by atoms with van der Waals surface area (Å²) in [5.74, 6) is -3.51. The second-order valence-electron chi connectivity index (χ2n) is 11.4. The SMILES string of the molecule is OC1=CC2=C3N=C(N=c4[nH]/c(c5cc(O)c(O)cc45)=N\c4[nH]c(c5cc(O)c(O)cc45)N=c4[nH]c(c5cc(O)c(O)cc45)=N3)C2C=C1O. The van der Waals surface area contributed by atoms with E-state index in [-0.39, 0.29) is 45.2 Å². The molecule has 5 heterocycles. The molecular weight excluding hydrogens is 624 g/mol. The molecule has 0 radical (unpaired) electrons. The molecule has 8 bridgehead atoms. The number of aliphatic imine (C=N–C) groups is 1. The molecule has 0 spiro atoms. The van der Waals surface area contributed by atoms with E-state index in [1.54, 1.807) is 0 Å². The van der Waals surface area contributed by atoms with E-state index < -0.39 is 51.9 Å². The van der Waals surface area contributed by atoms with E-state index in [0.717, 1.165) is 0 Å². The van der Waals surface area contributed by atoms with E-state index in [9.17, 15) is 40.9 Å². The lowest BCUT2D eigenvalue weighted by Gasteiger charge is -2.14. The number of hydrogen-bond acceptors (Lipinski definition) is 13. The van der Waals surface area contributed by atoms with Gasteiger partial charge in [-0.1, -0.05) is 0 Å². The van der Waals surface area contributed by atoms with E-state index >= 15 is 0 Å². The van der Waals surface area contributed by atoms with Crippen molar-refractivity contribution < 1.29 is 40.9 Å². The number of aliphatic hydroxyl groups is 2. The summed E-state index contributed by atoms with van der Waals surface area (Å²) in [6, 6.07) is 7.80. The summed E-state index contributed by atoms with van der Waals surface area (Å²) in [5, 5.41) is 85.3. The van der Waals surface area contributed by atoms with E-state index in [2.05, 4.69) is 19.9 Å². The van der Waals surface area contributed by atoms with Gasteiger partial charge in [0, 0.05) is 37.9 Å². The minimum Gasteiger partial charge on any atom is -0.504 e. The lowest BCUT2D eigenvalue weighted by atomic mass is 9.93. The molecule has 3 aliphatic rings. The normalized spacial score (nSPS) is 17.6. The van der Waals surface area contributed by atoms with Gasteiger partial charge in [-0.15, -0.1) is 0 Å². The summed E-state index contributed by atoms with van der Waals surface area (Å²) in [6.45, 7) is 0. The molecule has 0 saturated carbocycles. The summed E-state index contributed by atoms with van der Waals surface area (Å²) in [7, 11) is 0. The first-order chi connectivity index (χ1) is 23.0. The van der Waals surface area contributed by atoms with Crippen molar-refractivity contribution in [2.24, 2.45) is 30.9 Å². The molecule has 1 aliphatic carbocycles. The Morgan fingerprint density at radius 3 is 1.33 bits per heavy atom. The van der Waals surface area contributed by atoms with Gasteiger partial charge >= 0.3 is 0 Å². The maximum Gasteiger partial charge on any atom is 0.160 e. The van der Waals surface area contributed by atoms with Gasteiger partial charge in [0.2, 0.25) is 0 Å². The fourth-order valence-electron chi connectivity index (χ4n) is 6.11. The first kappa shape index (κ1) is 27.1. The molecule has 3 aromatic carbocycles. The average molecular weight is 645 g/mol. The molecule has 0 amide bonds. The third kappa shape index (κ3) is 3.79. The summed E-state index contributed by atoms with van der Waals surface area (Å²) >= 11 is 0. The number of H-pyrrole nitrogens is 3. The van der Waals surface area contributed by atoms with Gasteiger partial charge in [0.25, 0.3) is 0 Å². The standard InChI is InChI=1S/C32H20N8O8/c41-17-1-9-10(2-18(17)42)26-33-25(9)37-27-11-3-19(43)20(44)4-12(11)29(34-27)39-31-15-7-23(47)24(48)8-16(15)32(36-31)40-30-14-6-22(46)21(45)5-13(14)28(35-30)38-26/h1-9,36,41-48H,(H,35,38,40)(H,33,34,37,39). The molecule has 16 nitrogen and oxygen atoms in total. The average Bonchev–Trinajstić information content (AvgIpc) is 3.74. The highest BCUT2D eigenvalue weighted by molar-refractivity contribution is 6.02. The summed E-state index contributed by atoms with van der Waals surface area (Å²) in [6.07, 6.45) is 2.67. The van der Waals surface area contributed by atoms with Crippen molar-refractivity contribution in [2.75, 3.05) is 0 Å². The predicted octanol–water partition coefficient (Wildman–Crippen LogP) is 2.66. The number of fused-ring (bicyclic) bond motifs is 18. The highest BCUT2D eigenvalue weighted by atomic mass is 16.3. The number of aliphatic hydroxyl groups excluding tert-OH is 2. The number of hydrogen-bond donors (Lipinski definition) is 11. The molecule has 2 aliphatic heterocycles. The molecule has 1 atom stereocenters. The van der Waals surface area contributed by atoms with E-state index in [1.165, 1.54) is 48.6 Å². The number of phenols is 6. The zero-order valence-corrected chi connectivity index (χ0v) is 24.0. The zero-order valence-electron chi connectivity index (χ0n) is 24.0. The monoisotopic (exact) mass is 644 g/mol. The van der Waals surface area contributed by atoms with E-state index in [0.29, 0.717) is 37.9 Å². The van der Waals surface area contributed by atoms with Crippen LogP contribution in [0.25, 0.3) is 32.3 Å². The van der Waals surface area contributed by atoms with Gasteiger partial charge in [-0.05, 0) is 48.6 Å². The Morgan fingerprint density at radius 1 is 0.438 bits per heavy atom. The van der Waals surface area contributed by atoms with E-state index in [4.69, 9.17) is 20.0 Å². The number of nitrogens with one attached hydrogen (secondary N) is 3. The maximum atomic E-state index is 10.4. The number of rotatable bonds is 0. The minimum atomic E-state index is -0.771. The molecule has 3 aromatic heterocycles. The van der Waals surface area contributed by atoms with Crippen LogP contribution in [0, 0.1) is 5.92 Å². The Kier molecular flexibility index (Phi) is 5.18. The Labute approximate surface area is 264 Å². The van der Waals surface area contributed by atoms with Crippen LogP contribution in [0.5, 0.6) is 34.5 Å². The third-order valence-corrected chi connectivity index (χ3v) is 8.45. The van der Waals surface area contributed by atoms with Crippen molar-refractivity contribution in [3.8, 4) is 34.5 Å². The van der Waals surface area contributed by atoms with E-state index in [1.807, 2.05) is 0 Å². The Morgan fingerprint density at radius 2 is 0.854 bits per heavy atom. The quantitative estimate of drug-likeness (QED) is 0.109. The van der Waals surface area contributed by atoms with Crippen LogP contribution in [0.4, 0.5) is 11.6 Å². The van der Waals surface area contributed by atoms with Gasteiger partial charge in [-0.3, -0.25) is 0 Å². The van der Waals surface area contributed by atoms with Crippen molar-refractivity contribution in [3.63, 3.8) is 0 Å². The van der Waals surface area contributed by atoms with Crippen LogP contribution < -0.4 is 22.0 Å². The largest absolute Gasteiger partial charge is 0.504 e. The minimum absolute atomic E-state index is 0.0951.